The average Bonchev–Trinajstić information content (AvgIpc) is 2.78. The highest BCUT2D eigenvalue weighted by molar-refractivity contribution is 7.89. The number of likely N-dealkylation sites (N-methyl/N-ethyl adjacent to an activating group) is 1. The van der Waals surface area contributed by atoms with Gasteiger partial charge in [-0.25, -0.2) is 8.42 Å². The molecule has 0 aliphatic rings. The van der Waals surface area contributed by atoms with Gasteiger partial charge in [-0.1, -0.05) is 23.7 Å². The van der Waals surface area contributed by atoms with E-state index in [4.69, 9.17) is 21.1 Å². The number of sulfonamides is 1. The maximum atomic E-state index is 12.4. The van der Waals surface area contributed by atoms with Crippen LogP contribution in [0.3, 0.4) is 0 Å². The molecule has 0 aliphatic carbocycles. The quantitative estimate of drug-likeness (QED) is 0.477. The lowest BCUT2D eigenvalue weighted by atomic mass is 10.3. The Balaban J connectivity index is 1.83. The molecular formula is C21H24ClN3O7S. The second-order valence-corrected chi connectivity index (χ2v) is 9.03. The van der Waals surface area contributed by atoms with Crippen molar-refractivity contribution in [3.63, 3.8) is 0 Å². The third-order valence-electron chi connectivity index (χ3n) is 4.35. The number of carbonyl (C=O) groups excluding carboxylic acids is 3. The van der Waals surface area contributed by atoms with Gasteiger partial charge in [0.2, 0.25) is 15.9 Å². The molecule has 0 aliphatic heterocycles. The Kier molecular flexibility index (Phi) is 9.21. The zero-order valence-electron chi connectivity index (χ0n) is 18.2. The van der Waals surface area contributed by atoms with Crippen LogP contribution in [0.1, 0.15) is 6.92 Å². The molecule has 2 rings (SSSR count). The molecule has 1 unspecified atom stereocenters. The van der Waals surface area contributed by atoms with E-state index in [1.165, 1.54) is 45.3 Å². The summed E-state index contributed by atoms with van der Waals surface area (Å²) in [5.74, 6) is -1.62. The summed E-state index contributed by atoms with van der Waals surface area (Å²) in [5.41, 5.74) is 0.398. The molecule has 0 saturated heterocycles. The van der Waals surface area contributed by atoms with Crippen molar-refractivity contribution in [1.82, 2.24) is 9.62 Å². The highest BCUT2D eigenvalue weighted by atomic mass is 35.5. The third kappa shape index (κ3) is 7.74. The van der Waals surface area contributed by atoms with Gasteiger partial charge in [-0.15, -0.1) is 0 Å². The number of amides is 2. The number of nitrogens with zero attached hydrogens (tertiary/aromatic N) is 1. The number of ether oxygens (including phenoxy) is 2. The number of halogens is 1. The molecule has 12 heteroatoms. The normalized spacial score (nSPS) is 11.9. The molecule has 0 radical (unpaired) electrons. The fourth-order valence-electron chi connectivity index (χ4n) is 2.53. The van der Waals surface area contributed by atoms with Gasteiger partial charge in [-0.05, 0) is 43.3 Å². The number of rotatable bonds is 10. The van der Waals surface area contributed by atoms with Crippen molar-refractivity contribution in [3.05, 3.63) is 53.6 Å². The summed E-state index contributed by atoms with van der Waals surface area (Å²) in [5, 5.41) is 2.92. The maximum absolute atomic E-state index is 12.4. The van der Waals surface area contributed by atoms with E-state index in [1.807, 2.05) is 0 Å². The molecule has 2 aromatic carbocycles. The van der Waals surface area contributed by atoms with Crippen LogP contribution in [0.15, 0.2) is 53.4 Å². The molecule has 0 heterocycles. The molecule has 178 valence electrons. The minimum absolute atomic E-state index is 0.0664. The van der Waals surface area contributed by atoms with Crippen LogP contribution in [-0.2, 0) is 29.1 Å². The van der Waals surface area contributed by atoms with Crippen molar-refractivity contribution in [1.29, 1.82) is 0 Å². The Bertz CT molecular complexity index is 1110. The van der Waals surface area contributed by atoms with Crippen LogP contribution >= 0.6 is 11.6 Å². The summed E-state index contributed by atoms with van der Waals surface area (Å²) in [7, 11) is -1.19. The van der Waals surface area contributed by atoms with Gasteiger partial charge in [0.1, 0.15) is 11.8 Å². The van der Waals surface area contributed by atoms with Crippen molar-refractivity contribution in [3.8, 4) is 5.75 Å². The molecule has 2 aromatic rings. The monoisotopic (exact) mass is 497 g/mol. The number of hydrogen-bond acceptors (Lipinski definition) is 7. The van der Waals surface area contributed by atoms with Gasteiger partial charge in [0, 0.05) is 7.05 Å². The van der Waals surface area contributed by atoms with Gasteiger partial charge in [-0.3, -0.25) is 14.4 Å². The molecule has 0 bridgehead atoms. The lowest BCUT2D eigenvalue weighted by Crippen LogP contribution is -2.42. The molecule has 1 atom stereocenters. The predicted octanol–water partition coefficient (Wildman–Crippen LogP) is 1.66. The maximum Gasteiger partial charge on any atom is 0.324 e. The number of hydrogen-bond donors (Lipinski definition) is 2. The second kappa shape index (κ2) is 11.6. The molecule has 0 fully saturated rings. The fraction of sp³-hybridized carbons (Fsp3) is 0.286. The van der Waals surface area contributed by atoms with Crippen LogP contribution in [0.25, 0.3) is 0 Å². The van der Waals surface area contributed by atoms with Crippen molar-refractivity contribution >= 4 is 45.1 Å². The second-order valence-electron chi connectivity index (χ2n) is 6.90. The summed E-state index contributed by atoms with van der Waals surface area (Å²) >= 11 is 5.97. The number of anilines is 1. The van der Waals surface area contributed by atoms with Gasteiger partial charge < -0.3 is 19.7 Å². The molecule has 0 spiro atoms. The number of carbonyl (C=O) groups is 3. The van der Waals surface area contributed by atoms with Crippen molar-refractivity contribution < 1.29 is 32.3 Å². The van der Waals surface area contributed by atoms with Gasteiger partial charge in [0.25, 0.3) is 5.91 Å². The highest BCUT2D eigenvalue weighted by Crippen LogP contribution is 2.20. The molecule has 0 saturated carbocycles. The third-order valence-corrected chi connectivity index (χ3v) is 6.23. The summed E-state index contributed by atoms with van der Waals surface area (Å²) in [6.07, 6.45) is 0. The van der Waals surface area contributed by atoms with Crippen LogP contribution in [0.5, 0.6) is 5.75 Å². The molecule has 2 amide bonds. The molecule has 33 heavy (non-hydrogen) atoms. The average molecular weight is 498 g/mol. The van der Waals surface area contributed by atoms with Gasteiger partial charge in [0.15, 0.2) is 6.61 Å². The summed E-state index contributed by atoms with van der Waals surface area (Å²) in [6.45, 7) is 0.319. The van der Waals surface area contributed by atoms with Crippen LogP contribution in [-0.4, -0.2) is 64.5 Å². The lowest BCUT2D eigenvalue weighted by Gasteiger charge is -2.18. The Hall–Kier alpha value is -3.15. The number of esters is 1. The zero-order chi connectivity index (χ0) is 24.6. The SMILES string of the molecule is COc1ccc(S(=O)(=O)NC(C)C(=O)OCC(=O)N(C)CC(=O)Nc2ccccc2Cl)cc1. The molecule has 10 nitrogen and oxygen atoms in total. The molecular weight excluding hydrogens is 474 g/mol. The summed E-state index contributed by atoms with van der Waals surface area (Å²) < 4.78 is 36.9. The number of methoxy groups -OCH3 is 1. The number of para-hydroxylation sites is 1. The smallest absolute Gasteiger partial charge is 0.324 e. The van der Waals surface area contributed by atoms with Crippen molar-refractivity contribution in [2.75, 3.05) is 32.6 Å². The zero-order valence-corrected chi connectivity index (χ0v) is 19.8. The Morgan fingerprint density at radius 3 is 2.33 bits per heavy atom. The Morgan fingerprint density at radius 1 is 1.09 bits per heavy atom. The lowest BCUT2D eigenvalue weighted by molar-refractivity contribution is -0.152. The van der Waals surface area contributed by atoms with E-state index in [0.717, 1.165) is 4.90 Å². The first kappa shape index (κ1) is 26.1. The Morgan fingerprint density at radius 2 is 1.73 bits per heavy atom. The van der Waals surface area contributed by atoms with Crippen LogP contribution in [0.2, 0.25) is 5.02 Å². The first-order chi connectivity index (χ1) is 15.5. The summed E-state index contributed by atoms with van der Waals surface area (Å²) in [4.78, 5) is 37.4. The van der Waals surface area contributed by atoms with Gasteiger partial charge in [-0.2, -0.15) is 4.72 Å². The van der Waals surface area contributed by atoms with E-state index in [1.54, 1.807) is 24.3 Å². The van der Waals surface area contributed by atoms with E-state index < -0.39 is 40.5 Å². The van der Waals surface area contributed by atoms with Crippen molar-refractivity contribution in [2.24, 2.45) is 0 Å². The molecule has 2 N–H and O–H groups in total. The minimum atomic E-state index is -4.00. The predicted molar refractivity (Wildman–Crippen MR) is 121 cm³/mol. The van der Waals surface area contributed by atoms with Gasteiger partial charge in [0.05, 0.1) is 29.3 Å². The standard InChI is InChI=1S/C21H24ClN3O7S/c1-14(24-33(29,30)16-10-8-15(31-3)9-11-16)21(28)32-13-20(27)25(2)12-19(26)23-18-7-5-4-6-17(18)22/h4-11,14,24H,12-13H2,1-3H3,(H,23,26). The van der Waals surface area contributed by atoms with Gasteiger partial charge >= 0.3 is 5.97 Å². The van der Waals surface area contributed by atoms with Crippen LogP contribution in [0, 0.1) is 0 Å². The van der Waals surface area contributed by atoms with Crippen LogP contribution in [0.4, 0.5) is 5.69 Å². The van der Waals surface area contributed by atoms with E-state index in [2.05, 4.69) is 10.0 Å². The van der Waals surface area contributed by atoms with E-state index in [0.29, 0.717) is 16.5 Å². The van der Waals surface area contributed by atoms with E-state index in [-0.39, 0.29) is 11.4 Å². The highest BCUT2D eigenvalue weighted by Gasteiger charge is 2.24. The van der Waals surface area contributed by atoms with E-state index >= 15 is 0 Å². The van der Waals surface area contributed by atoms with E-state index in [9.17, 15) is 22.8 Å². The first-order valence-electron chi connectivity index (χ1n) is 9.65. The minimum Gasteiger partial charge on any atom is -0.497 e. The topological polar surface area (TPSA) is 131 Å². The first-order valence-corrected chi connectivity index (χ1v) is 11.5. The fourth-order valence-corrected chi connectivity index (χ4v) is 3.90. The number of benzene rings is 2. The molecule has 0 aromatic heterocycles. The Labute approximate surface area is 196 Å². The van der Waals surface area contributed by atoms with Crippen molar-refractivity contribution in [2.45, 2.75) is 17.9 Å². The number of nitrogens with one attached hydrogen (secondary N) is 2. The summed E-state index contributed by atoms with van der Waals surface area (Å²) in [6, 6.07) is 10.9. The van der Waals surface area contributed by atoms with Crippen LogP contribution < -0.4 is 14.8 Å². The largest absolute Gasteiger partial charge is 0.497 e.